The van der Waals surface area contributed by atoms with E-state index >= 15 is 0 Å². The van der Waals surface area contributed by atoms with Gasteiger partial charge in [-0.3, -0.25) is 0 Å². The van der Waals surface area contributed by atoms with Crippen LogP contribution in [0.3, 0.4) is 0 Å². The summed E-state index contributed by atoms with van der Waals surface area (Å²) in [7, 11) is 0. The van der Waals surface area contributed by atoms with E-state index in [9.17, 15) is 0 Å². The lowest BCUT2D eigenvalue weighted by Gasteiger charge is -2.38. The molecule has 0 aromatic carbocycles. The molecule has 1 aliphatic carbocycles. The maximum absolute atomic E-state index is 2.66. The first-order chi connectivity index (χ1) is 7.70. The predicted octanol–water partition coefficient (Wildman–Crippen LogP) is 3.77. The van der Waals surface area contributed by atoms with Crippen LogP contribution in [0.4, 0.5) is 0 Å². The zero-order valence-corrected chi connectivity index (χ0v) is 11.0. The van der Waals surface area contributed by atoms with Gasteiger partial charge in [0, 0.05) is 6.04 Å². The van der Waals surface area contributed by atoms with Gasteiger partial charge in [0.2, 0.25) is 0 Å². The number of rotatable bonds is 3. The first-order valence-electron chi connectivity index (χ1n) is 6.82. The largest absolute Gasteiger partial charge is 0.301 e. The van der Waals surface area contributed by atoms with Crippen LogP contribution in [0.1, 0.15) is 46.5 Å². The SMILES string of the molecule is CCCN1CCC(C2=CCC(C)=C2)CC1C. The van der Waals surface area contributed by atoms with Gasteiger partial charge in [0.05, 0.1) is 0 Å². The number of piperidine rings is 1. The third-order valence-corrected chi connectivity index (χ3v) is 4.07. The van der Waals surface area contributed by atoms with E-state index < -0.39 is 0 Å². The number of hydrogen-bond donors (Lipinski definition) is 0. The molecule has 0 radical (unpaired) electrons. The summed E-state index contributed by atoms with van der Waals surface area (Å²) in [5, 5.41) is 0. The Kier molecular flexibility index (Phi) is 3.86. The zero-order chi connectivity index (χ0) is 11.5. The maximum Gasteiger partial charge on any atom is 0.00727 e. The molecule has 1 nitrogen and oxygen atoms in total. The van der Waals surface area contributed by atoms with Crippen LogP contribution in [0.5, 0.6) is 0 Å². The molecule has 0 N–H and O–H groups in total. The Bertz CT molecular complexity index is 301. The summed E-state index contributed by atoms with van der Waals surface area (Å²) in [6.07, 6.45) is 10.1. The molecule has 2 rings (SSSR count). The molecule has 1 aliphatic heterocycles. The maximum atomic E-state index is 2.66. The van der Waals surface area contributed by atoms with Gasteiger partial charge in [-0.15, -0.1) is 0 Å². The minimum atomic E-state index is 0.772. The molecule has 90 valence electrons. The first-order valence-corrected chi connectivity index (χ1v) is 6.82. The minimum Gasteiger partial charge on any atom is -0.301 e. The van der Waals surface area contributed by atoms with Crippen molar-refractivity contribution in [3.63, 3.8) is 0 Å². The van der Waals surface area contributed by atoms with Crippen LogP contribution >= 0.6 is 0 Å². The standard InChI is InChI=1S/C15H25N/c1-4-8-16-9-7-15(11-13(16)3)14-6-5-12(2)10-14/h6,10,13,15H,4-5,7-9,11H2,1-3H3. The van der Waals surface area contributed by atoms with Crippen LogP contribution in [0, 0.1) is 5.92 Å². The molecule has 1 heteroatoms. The van der Waals surface area contributed by atoms with Gasteiger partial charge in [-0.1, -0.05) is 24.6 Å². The lowest BCUT2D eigenvalue weighted by atomic mass is 9.86. The summed E-state index contributed by atoms with van der Waals surface area (Å²) in [5.41, 5.74) is 3.17. The highest BCUT2D eigenvalue weighted by molar-refractivity contribution is 5.33. The third kappa shape index (κ3) is 2.57. The Labute approximate surface area is 100 Å². The molecule has 1 fully saturated rings. The van der Waals surface area contributed by atoms with Crippen LogP contribution < -0.4 is 0 Å². The molecule has 0 spiro atoms. The van der Waals surface area contributed by atoms with Crippen LogP contribution in [-0.2, 0) is 0 Å². The van der Waals surface area contributed by atoms with Crippen molar-refractivity contribution in [1.82, 2.24) is 4.90 Å². The quantitative estimate of drug-likeness (QED) is 0.698. The van der Waals surface area contributed by atoms with Gasteiger partial charge in [-0.05, 0) is 64.1 Å². The van der Waals surface area contributed by atoms with Crippen LogP contribution in [0.15, 0.2) is 23.3 Å². The molecular formula is C15H25N. The molecule has 2 aliphatic rings. The van der Waals surface area contributed by atoms with Crippen molar-refractivity contribution < 1.29 is 0 Å². The van der Waals surface area contributed by atoms with E-state index in [0.29, 0.717) is 0 Å². The molecule has 0 amide bonds. The predicted molar refractivity (Wildman–Crippen MR) is 70.5 cm³/mol. The second-order valence-electron chi connectivity index (χ2n) is 5.51. The first kappa shape index (κ1) is 11.9. The number of likely N-dealkylation sites (tertiary alicyclic amines) is 1. The average Bonchev–Trinajstić information content (AvgIpc) is 2.68. The van der Waals surface area contributed by atoms with Gasteiger partial charge in [-0.2, -0.15) is 0 Å². The molecule has 16 heavy (non-hydrogen) atoms. The van der Waals surface area contributed by atoms with Gasteiger partial charge in [-0.25, -0.2) is 0 Å². The zero-order valence-electron chi connectivity index (χ0n) is 11.0. The molecular weight excluding hydrogens is 194 g/mol. The van der Waals surface area contributed by atoms with E-state index in [1.54, 1.807) is 11.1 Å². The van der Waals surface area contributed by atoms with Crippen molar-refractivity contribution in [2.75, 3.05) is 13.1 Å². The summed E-state index contributed by atoms with van der Waals surface area (Å²) < 4.78 is 0. The Morgan fingerprint density at radius 1 is 1.44 bits per heavy atom. The summed E-state index contributed by atoms with van der Waals surface area (Å²) in [5.74, 6) is 0.834. The topological polar surface area (TPSA) is 3.24 Å². The fourth-order valence-electron chi connectivity index (χ4n) is 3.11. The van der Waals surface area contributed by atoms with Crippen molar-refractivity contribution in [1.29, 1.82) is 0 Å². The molecule has 2 unspecified atom stereocenters. The van der Waals surface area contributed by atoms with E-state index in [1.165, 1.54) is 38.8 Å². The molecule has 0 aromatic heterocycles. The average molecular weight is 219 g/mol. The highest BCUT2D eigenvalue weighted by atomic mass is 15.2. The third-order valence-electron chi connectivity index (χ3n) is 4.07. The molecule has 1 saturated heterocycles. The van der Waals surface area contributed by atoms with Crippen LogP contribution in [0.2, 0.25) is 0 Å². The Hall–Kier alpha value is -0.560. The van der Waals surface area contributed by atoms with Gasteiger partial charge in [0.1, 0.15) is 0 Å². The van der Waals surface area contributed by atoms with Crippen molar-refractivity contribution in [3.8, 4) is 0 Å². The van der Waals surface area contributed by atoms with Crippen LogP contribution in [-0.4, -0.2) is 24.0 Å². The lowest BCUT2D eigenvalue weighted by Crippen LogP contribution is -2.41. The van der Waals surface area contributed by atoms with E-state index in [4.69, 9.17) is 0 Å². The van der Waals surface area contributed by atoms with Gasteiger partial charge >= 0.3 is 0 Å². The Morgan fingerprint density at radius 2 is 2.25 bits per heavy atom. The van der Waals surface area contributed by atoms with E-state index in [-0.39, 0.29) is 0 Å². The number of hydrogen-bond acceptors (Lipinski definition) is 1. The van der Waals surface area contributed by atoms with Crippen LogP contribution in [0.25, 0.3) is 0 Å². The monoisotopic (exact) mass is 219 g/mol. The van der Waals surface area contributed by atoms with Crippen molar-refractivity contribution >= 4 is 0 Å². The van der Waals surface area contributed by atoms with Crippen molar-refractivity contribution in [2.45, 2.75) is 52.5 Å². The fourth-order valence-corrected chi connectivity index (χ4v) is 3.11. The number of nitrogens with zero attached hydrogens (tertiary/aromatic N) is 1. The van der Waals surface area contributed by atoms with Gasteiger partial charge < -0.3 is 4.90 Å². The lowest BCUT2D eigenvalue weighted by molar-refractivity contribution is 0.136. The van der Waals surface area contributed by atoms with Gasteiger partial charge in [0.25, 0.3) is 0 Å². The van der Waals surface area contributed by atoms with Crippen molar-refractivity contribution in [3.05, 3.63) is 23.3 Å². The second-order valence-corrected chi connectivity index (χ2v) is 5.51. The van der Waals surface area contributed by atoms with E-state index in [2.05, 4.69) is 37.8 Å². The molecule has 0 bridgehead atoms. The van der Waals surface area contributed by atoms with Crippen molar-refractivity contribution in [2.24, 2.45) is 5.92 Å². The summed E-state index contributed by atoms with van der Waals surface area (Å²) in [6, 6.07) is 0.772. The highest BCUT2D eigenvalue weighted by Crippen LogP contribution is 2.33. The second kappa shape index (κ2) is 5.18. The van der Waals surface area contributed by atoms with Gasteiger partial charge in [0.15, 0.2) is 0 Å². The summed E-state index contributed by atoms with van der Waals surface area (Å²) >= 11 is 0. The summed E-state index contributed by atoms with van der Waals surface area (Å²) in [4.78, 5) is 2.66. The number of allylic oxidation sites excluding steroid dienone is 4. The van der Waals surface area contributed by atoms with E-state index in [0.717, 1.165) is 12.0 Å². The fraction of sp³-hybridized carbons (Fsp3) is 0.733. The molecule has 0 saturated carbocycles. The molecule has 1 heterocycles. The molecule has 0 aromatic rings. The Morgan fingerprint density at radius 3 is 2.81 bits per heavy atom. The highest BCUT2D eigenvalue weighted by Gasteiger charge is 2.26. The summed E-state index contributed by atoms with van der Waals surface area (Å²) in [6.45, 7) is 9.50. The molecule has 2 atom stereocenters. The Balaban J connectivity index is 1.92. The smallest absolute Gasteiger partial charge is 0.00727 e. The minimum absolute atomic E-state index is 0.772. The normalized spacial score (nSPS) is 31.4. The van der Waals surface area contributed by atoms with E-state index in [1.807, 2.05) is 0 Å².